The van der Waals surface area contributed by atoms with E-state index in [2.05, 4.69) is 5.32 Å². The second-order valence-corrected chi connectivity index (χ2v) is 3.57. The largest absolute Gasteiger partial charge is 0.508 e. The number of phenolic OH excluding ortho intramolecular Hbond substituents is 1. The molecule has 1 rings (SSSR count). The minimum Gasteiger partial charge on any atom is -0.508 e. The van der Waals surface area contributed by atoms with Crippen molar-refractivity contribution >= 4 is 11.6 Å². The van der Waals surface area contributed by atoms with E-state index in [1.807, 2.05) is 6.92 Å². The highest BCUT2D eigenvalue weighted by molar-refractivity contribution is 5.90. The van der Waals surface area contributed by atoms with Crippen LogP contribution in [-0.4, -0.2) is 24.2 Å². The molecule has 0 aromatic heterocycles. The van der Waals surface area contributed by atoms with E-state index in [0.29, 0.717) is 13.2 Å². The molecule has 0 aliphatic carbocycles. The molecular formula is C12H16FNO3. The van der Waals surface area contributed by atoms with Gasteiger partial charge in [-0.15, -0.1) is 0 Å². The third-order valence-electron chi connectivity index (χ3n) is 2.05. The number of rotatable bonds is 6. The van der Waals surface area contributed by atoms with E-state index in [-0.39, 0.29) is 23.8 Å². The summed E-state index contributed by atoms with van der Waals surface area (Å²) >= 11 is 0. The summed E-state index contributed by atoms with van der Waals surface area (Å²) in [4.78, 5) is 11.4. The lowest BCUT2D eigenvalue weighted by Crippen LogP contribution is -2.15. The molecule has 0 saturated carbocycles. The molecule has 1 aromatic rings. The van der Waals surface area contributed by atoms with Crippen LogP contribution in [0.1, 0.15) is 19.8 Å². The first-order chi connectivity index (χ1) is 8.13. The van der Waals surface area contributed by atoms with Crippen molar-refractivity contribution in [3.8, 4) is 5.75 Å². The van der Waals surface area contributed by atoms with Crippen molar-refractivity contribution in [2.45, 2.75) is 19.8 Å². The highest BCUT2D eigenvalue weighted by Gasteiger charge is 2.07. The highest BCUT2D eigenvalue weighted by atomic mass is 19.1. The second-order valence-electron chi connectivity index (χ2n) is 3.57. The summed E-state index contributed by atoms with van der Waals surface area (Å²) in [6.07, 6.45) is 1.08. The summed E-state index contributed by atoms with van der Waals surface area (Å²) in [6, 6.07) is 3.57. The van der Waals surface area contributed by atoms with E-state index in [1.165, 1.54) is 12.1 Å². The van der Waals surface area contributed by atoms with Crippen LogP contribution in [0.5, 0.6) is 5.75 Å². The van der Waals surface area contributed by atoms with Crippen molar-refractivity contribution in [1.29, 1.82) is 0 Å². The average molecular weight is 241 g/mol. The maximum atomic E-state index is 13.2. The SMILES string of the molecule is CCCOCCC(=O)Nc1ccc(O)cc1F. The van der Waals surface area contributed by atoms with E-state index in [4.69, 9.17) is 9.84 Å². The minimum atomic E-state index is -0.659. The molecule has 17 heavy (non-hydrogen) atoms. The predicted octanol–water partition coefficient (Wildman–Crippen LogP) is 2.29. The van der Waals surface area contributed by atoms with Gasteiger partial charge in [0.15, 0.2) is 0 Å². The standard InChI is InChI=1S/C12H16FNO3/c1-2-6-17-7-5-12(16)14-11-4-3-9(15)8-10(11)13/h3-4,8,15H,2,5-7H2,1H3,(H,14,16). The van der Waals surface area contributed by atoms with Crippen LogP contribution in [-0.2, 0) is 9.53 Å². The number of carbonyl (C=O) groups excluding carboxylic acids is 1. The van der Waals surface area contributed by atoms with Gasteiger partial charge in [-0.25, -0.2) is 4.39 Å². The van der Waals surface area contributed by atoms with E-state index in [0.717, 1.165) is 12.5 Å². The van der Waals surface area contributed by atoms with Gasteiger partial charge in [0.25, 0.3) is 0 Å². The average Bonchev–Trinajstić information content (AvgIpc) is 2.28. The van der Waals surface area contributed by atoms with Crippen molar-refractivity contribution in [3.63, 3.8) is 0 Å². The number of hydrogen-bond donors (Lipinski definition) is 2. The third-order valence-corrected chi connectivity index (χ3v) is 2.05. The van der Waals surface area contributed by atoms with Crippen LogP contribution in [0.3, 0.4) is 0 Å². The number of amides is 1. The van der Waals surface area contributed by atoms with Crippen LogP contribution in [0.2, 0.25) is 0 Å². The smallest absolute Gasteiger partial charge is 0.226 e. The molecule has 2 N–H and O–H groups in total. The third kappa shape index (κ3) is 4.82. The van der Waals surface area contributed by atoms with E-state index in [9.17, 15) is 9.18 Å². The Morgan fingerprint density at radius 2 is 2.24 bits per heavy atom. The Bertz CT molecular complexity index is 382. The maximum Gasteiger partial charge on any atom is 0.226 e. The van der Waals surface area contributed by atoms with Crippen molar-refractivity contribution in [2.75, 3.05) is 18.5 Å². The molecule has 4 nitrogen and oxygen atoms in total. The quantitative estimate of drug-likeness (QED) is 0.593. The Hall–Kier alpha value is -1.62. The molecule has 0 heterocycles. The molecule has 0 atom stereocenters. The van der Waals surface area contributed by atoms with Gasteiger partial charge in [0.05, 0.1) is 18.7 Å². The molecule has 0 radical (unpaired) electrons. The normalized spacial score (nSPS) is 10.2. The Morgan fingerprint density at radius 3 is 2.88 bits per heavy atom. The number of anilines is 1. The fraction of sp³-hybridized carbons (Fsp3) is 0.417. The Labute approximate surface area is 99.4 Å². The van der Waals surface area contributed by atoms with Gasteiger partial charge in [0.1, 0.15) is 11.6 Å². The lowest BCUT2D eigenvalue weighted by atomic mass is 10.2. The number of carbonyl (C=O) groups is 1. The van der Waals surface area contributed by atoms with Gasteiger partial charge in [-0.2, -0.15) is 0 Å². The van der Waals surface area contributed by atoms with Gasteiger partial charge in [-0.1, -0.05) is 6.92 Å². The monoisotopic (exact) mass is 241 g/mol. The van der Waals surface area contributed by atoms with Crippen LogP contribution in [0.15, 0.2) is 18.2 Å². The summed E-state index contributed by atoms with van der Waals surface area (Å²) in [7, 11) is 0. The zero-order chi connectivity index (χ0) is 12.7. The van der Waals surface area contributed by atoms with Crippen molar-refractivity contribution in [1.82, 2.24) is 0 Å². The molecule has 94 valence electrons. The van der Waals surface area contributed by atoms with Gasteiger partial charge in [-0.05, 0) is 18.6 Å². The van der Waals surface area contributed by atoms with Gasteiger partial charge in [0, 0.05) is 12.7 Å². The maximum absolute atomic E-state index is 13.2. The molecule has 0 unspecified atom stereocenters. The van der Waals surface area contributed by atoms with Gasteiger partial charge >= 0.3 is 0 Å². The van der Waals surface area contributed by atoms with Crippen LogP contribution in [0.4, 0.5) is 10.1 Å². The molecule has 0 aliphatic heterocycles. The van der Waals surface area contributed by atoms with Crippen LogP contribution in [0.25, 0.3) is 0 Å². The number of nitrogens with one attached hydrogen (secondary N) is 1. The Balaban J connectivity index is 2.40. The molecule has 0 spiro atoms. The van der Waals surface area contributed by atoms with E-state index < -0.39 is 5.82 Å². The van der Waals surface area contributed by atoms with E-state index >= 15 is 0 Å². The van der Waals surface area contributed by atoms with Crippen LogP contribution >= 0.6 is 0 Å². The number of aromatic hydroxyl groups is 1. The fourth-order valence-electron chi connectivity index (χ4n) is 1.23. The molecule has 0 fully saturated rings. The second kappa shape index (κ2) is 6.85. The zero-order valence-electron chi connectivity index (χ0n) is 9.70. The lowest BCUT2D eigenvalue weighted by molar-refractivity contribution is -0.117. The van der Waals surface area contributed by atoms with Gasteiger partial charge in [-0.3, -0.25) is 4.79 Å². The number of ether oxygens (including phenoxy) is 1. The summed E-state index contributed by atoms with van der Waals surface area (Å²) < 4.78 is 18.4. The molecule has 0 aliphatic rings. The number of halogens is 1. The number of hydrogen-bond acceptors (Lipinski definition) is 3. The molecule has 1 aromatic carbocycles. The van der Waals surface area contributed by atoms with Gasteiger partial charge < -0.3 is 15.2 Å². The zero-order valence-corrected chi connectivity index (χ0v) is 9.70. The first-order valence-corrected chi connectivity index (χ1v) is 5.49. The van der Waals surface area contributed by atoms with Gasteiger partial charge in [0.2, 0.25) is 5.91 Å². The Morgan fingerprint density at radius 1 is 1.47 bits per heavy atom. The summed E-state index contributed by atoms with van der Waals surface area (Å²) in [5.41, 5.74) is 0.0586. The highest BCUT2D eigenvalue weighted by Crippen LogP contribution is 2.19. The molecule has 5 heteroatoms. The summed E-state index contributed by atoms with van der Waals surface area (Å²) in [5.74, 6) is -1.15. The van der Waals surface area contributed by atoms with Crippen molar-refractivity contribution in [3.05, 3.63) is 24.0 Å². The first kappa shape index (κ1) is 13.4. The molecular weight excluding hydrogens is 225 g/mol. The topological polar surface area (TPSA) is 58.6 Å². The van der Waals surface area contributed by atoms with E-state index in [1.54, 1.807) is 0 Å². The van der Waals surface area contributed by atoms with Crippen molar-refractivity contribution in [2.24, 2.45) is 0 Å². The first-order valence-electron chi connectivity index (χ1n) is 5.49. The molecule has 0 saturated heterocycles. The minimum absolute atomic E-state index is 0.0586. The molecule has 1 amide bonds. The predicted molar refractivity (Wildman–Crippen MR) is 62.4 cm³/mol. The summed E-state index contributed by atoms with van der Waals surface area (Å²) in [6.45, 7) is 2.91. The van der Waals surface area contributed by atoms with Crippen molar-refractivity contribution < 1.29 is 19.0 Å². The van der Waals surface area contributed by atoms with Crippen LogP contribution in [0, 0.1) is 5.82 Å². The summed E-state index contributed by atoms with van der Waals surface area (Å²) in [5, 5.41) is 11.4. The van der Waals surface area contributed by atoms with Crippen LogP contribution < -0.4 is 5.32 Å². The fourth-order valence-corrected chi connectivity index (χ4v) is 1.23. The number of phenols is 1. The Kier molecular flexibility index (Phi) is 5.42. The molecule has 0 bridgehead atoms. The number of benzene rings is 1. The lowest BCUT2D eigenvalue weighted by Gasteiger charge is -2.06.